The van der Waals surface area contributed by atoms with E-state index in [0.717, 1.165) is 14.8 Å². The summed E-state index contributed by atoms with van der Waals surface area (Å²) in [6.45, 7) is 0. The Morgan fingerprint density at radius 3 is 2.50 bits per heavy atom. The van der Waals surface area contributed by atoms with Crippen LogP contribution in [0, 0.1) is 0 Å². The first-order valence-electron chi connectivity index (χ1n) is 4.18. The van der Waals surface area contributed by atoms with Gasteiger partial charge in [0.05, 0.1) is 10.4 Å². The monoisotopic (exact) mass is 224 g/mol. The van der Waals surface area contributed by atoms with Crippen molar-refractivity contribution in [1.29, 1.82) is 0 Å². The third-order valence-corrected chi connectivity index (χ3v) is 3.28. The van der Waals surface area contributed by atoms with Crippen LogP contribution in [0.2, 0.25) is 4.34 Å². The summed E-state index contributed by atoms with van der Waals surface area (Å²) in [5, 5.41) is 0. The van der Waals surface area contributed by atoms with Crippen molar-refractivity contribution in [2.75, 3.05) is 0 Å². The number of nitrogens with two attached hydrogens (primary N) is 1. The van der Waals surface area contributed by atoms with E-state index in [-0.39, 0.29) is 6.04 Å². The van der Waals surface area contributed by atoms with E-state index in [1.165, 1.54) is 11.3 Å². The zero-order valence-electron chi connectivity index (χ0n) is 7.35. The minimum Gasteiger partial charge on any atom is -0.320 e. The van der Waals surface area contributed by atoms with Crippen LogP contribution in [0.4, 0.5) is 0 Å². The van der Waals surface area contributed by atoms with Gasteiger partial charge in [0.25, 0.3) is 0 Å². The number of thiophene rings is 1. The minimum atomic E-state index is -0.101. The Morgan fingerprint density at radius 2 is 1.93 bits per heavy atom. The minimum absolute atomic E-state index is 0.101. The molecule has 0 bridgehead atoms. The SMILES string of the molecule is NC(c1ccncc1)c1ccc(Cl)s1. The van der Waals surface area contributed by atoms with Crippen molar-refractivity contribution in [3.63, 3.8) is 0 Å². The van der Waals surface area contributed by atoms with Crippen LogP contribution in [0.25, 0.3) is 0 Å². The van der Waals surface area contributed by atoms with Gasteiger partial charge in [-0.1, -0.05) is 11.6 Å². The molecule has 2 heterocycles. The molecule has 1 unspecified atom stereocenters. The molecular formula is C10H9ClN2S. The van der Waals surface area contributed by atoms with Crippen LogP contribution >= 0.6 is 22.9 Å². The fraction of sp³-hybridized carbons (Fsp3) is 0.100. The Labute approximate surface area is 91.4 Å². The highest BCUT2D eigenvalue weighted by Gasteiger charge is 2.10. The molecule has 0 saturated heterocycles. The number of aromatic nitrogens is 1. The maximum atomic E-state index is 6.05. The Bertz CT molecular complexity index is 413. The van der Waals surface area contributed by atoms with Crippen molar-refractivity contribution in [3.05, 3.63) is 51.4 Å². The summed E-state index contributed by atoms with van der Waals surface area (Å²) >= 11 is 7.35. The van der Waals surface area contributed by atoms with Gasteiger partial charge in [-0.25, -0.2) is 0 Å². The fourth-order valence-electron chi connectivity index (χ4n) is 1.23. The van der Waals surface area contributed by atoms with Crippen molar-refractivity contribution >= 4 is 22.9 Å². The molecule has 2 aromatic heterocycles. The lowest BCUT2D eigenvalue weighted by atomic mass is 10.1. The van der Waals surface area contributed by atoms with E-state index < -0.39 is 0 Å². The van der Waals surface area contributed by atoms with E-state index in [1.807, 2.05) is 24.3 Å². The first kappa shape index (κ1) is 9.65. The highest BCUT2D eigenvalue weighted by atomic mass is 35.5. The van der Waals surface area contributed by atoms with Gasteiger partial charge in [0.15, 0.2) is 0 Å². The number of rotatable bonds is 2. The van der Waals surface area contributed by atoms with Crippen LogP contribution in [0.15, 0.2) is 36.7 Å². The van der Waals surface area contributed by atoms with Gasteiger partial charge in [-0.3, -0.25) is 4.98 Å². The van der Waals surface area contributed by atoms with Crippen molar-refractivity contribution in [2.45, 2.75) is 6.04 Å². The second-order valence-corrected chi connectivity index (χ2v) is 4.65. The number of nitrogens with zero attached hydrogens (tertiary/aromatic N) is 1. The molecule has 0 spiro atoms. The first-order chi connectivity index (χ1) is 6.77. The average Bonchev–Trinajstić information content (AvgIpc) is 2.65. The van der Waals surface area contributed by atoms with Crippen LogP contribution in [-0.2, 0) is 0 Å². The Hall–Kier alpha value is -0.900. The molecule has 2 rings (SSSR count). The normalized spacial score (nSPS) is 12.7. The number of halogens is 1. The van der Waals surface area contributed by atoms with Crippen LogP contribution < -0.4 is 5.73 Å². The predicted octanol–water partition coefficient (Wildman–Crippen LogP) is 2.84. The maximum absolute atomic E-state index is 6.05. The van der Waals surface area contributed by atoms with Crippen LogP contribution in [0.3, 0.4) is 0 Å². The van der Waals surface area contributed by atoms with Crippen molar-refractivity contribution in [1.82, 2.24) is 4.98 Å². The molecule has 0 amide bonds. The zero-order chi connectivity index (χ0) is 9.97. The van der Waals surface area contributed by atoms with Crippen LogP contribution in [0.5, 0.6) is 0 Å². The molecule has 0 aliphatic rings. The van der Waals surface area contributed by atoms with Crippen molar-refractivity contribution in [2.24, 2.45) is 5.73 Å². The molecule has 14 heavy (non-hydrogen) atoms. The standard InChI is InChI=1S/C10H9ClN2S/c11-9-2-1-8(14-9)10(12)7-3-5-13-6-4-7/h1-6,10H,12H2. The third-order valence-electron chi connectivity index (χ3n) is 1.97. The van der Waals surface area contributed by atoms with E-state index in [1.54, 1.807) is 12.4 Å². The predicted molar refractivity (Wildman–Crippen MR) is 59.6 cm³/mol. The number of hydrogen-bond acceptors (Lipinski definition) is 3. The van der Waals surface area contributed by atoms with Gasteiger partial charge in [-0.15, -0.1) is 11.3 Å². The highest BCUT2D eigenvalue weighted by molar-refractivity contribution is 7.16. The lowest BCUT2D eigenvalue weighted by Crippen LogP contribution is -2.09. The number of pyridine rings is 1. The summed E-state index contributed by atoms with van der Waals surface area (Å²) in [6, 6.07) is 7.55. The maximum Gasteiger partial charge on any atom is 0.0931 e. The van der Waals surface area contributed by atoms with Gasteiger partial charge in [0.2, 0.25) is 0 Å². The zero-order valence-corrected chi connectivity index (χ0v) is 8.92. The summed E-state index contributed by atoms with van der Waals surface area (Å²) in [7, 11) is 0. The summed E-state index contributed by atoms with van der Waals surface area (Å²) in [6.07, 6.45) is 3.48. The highest BCUT2D eigenvalue weighted by Crippen LogP contribution is 2.28. The molecule has 0 aliphatic carbocycles. The smallest absolute Gasteiger partial charge is 0.0931 e. The largest absolute Gasteiger partial charge is 0.320 e. The Morgan fingerprint density at radius 1 is 1.21 bits per heavy atom. The number of hydrogen-bond donors (Lipinski definition) is 1. The molecule has 0 radical (unpaired) electrons. The molecular weight excluding hydrogens is 216 g/mol. The molecule has 72 valence electrons. The Balaban J connectivity index is 2.29. The fourth-order valence-corrected chi connectivity index (χ4v) is 2.32. The van der Waals surface area contributed by atoms with Gasteiger partial charge in [0, 0.05) is 17.3 Å². The molecule has 0 aromatic carbocycles. The molecule has 0 saturated carbocycles. The van der Waals surface area contributed by atoms with Crippen LogP contribution in [-0.4, -0.2) is 4.98 Å². The molecule has 2 N–H and O–H groups in total. The van der Waals surface area contributed by atoms with E-state index in [0.29, 0.717) is 0 Å². The van der Waals surface area contributed by atoms with Crippen molar-refractivity contribution in [3.8, 4) is 0 Å². The van der Waals surface area contributed by atoms with Gasteiger partial charge in [-0.05, 0) is 29.8 Å². The van der Waals surface area contributed by atoms with Gasteiger partial charge in [-0.2, -0.15) is 0 Å². The van der Waals surface area contributed by atoms with E-state index >= 15 is 0 Å². The van der Waals surface area contributed by atoms with Gasteiger partial charge >= 0.3 is 0 Å². The molecule has 0 aliphatic heterocycles. The third kappa shape index (κ3) is 1.95. The van der Waals surface area contributed by atoms with Crippen LogP contribution in [0.1, 0.15) is 16.5 Å². The van der Waals surface area contributed by atoms with Gasteiger partial charge in [0.1, 0.15) is 0 Å². The molecule has 0 fully saturated rings. The molecule has 2 aromatic rings. The van der Waals surface area contributed by atoms with E-state index in [9.17, 15) is 0 Å². The van der Waals surface area contributed by atoms with Crippen molar-refractivity contribution < 1.29 is 0 Å². The lowest BCUT2D eigenvalue weighted by molar-refractivity contribution is 0.889. The second kappa shape index (κ2) is 4.09. The van der Waals surface area contributed by atoms with Gasteiger partial charge < -0.3 is 5.73 Å². The summed E-state index contributed by atoms with van der Waals surface area (Å²) < 4.78 is 0.768. The molecule has 2 nitrogen and oxygen atoms in total. The summed E-state index contributed by atoms with van der Waals surface area (Å²) in [5.41, 5.74) is 7.11. The Kier molecular flexibility index (Phi) is 2.82. The average molecular weight is 225 g/mol. The second-order valence-electron chi connectivity index (χ2n) is 2.90. The molecule has 4 heteroatoms. The topological polar surface area (TPSA) is 38.9 Å². The molecule has 1 atom stereocenters. The quantitative estimate of drug-likeness (QED) is 0.852. The lowest BCUT2D eigenvalue weighted by Gasteiger charge is -2.08. The van der Waals surface area contributed by atoms with E-state index in [2.05, 4.69) is 4.98 Å². The first-order valence-corrected chi connectivity index (χ1v) is 5.37. The summed E-state index contributed by atoms with van der Waals surface area (Å²) in [5.74, 6) is 0. The van der Waals surface area contributed by atoms with E-state index in [4.69, 9.17) is 17.3 Å². The summed E-state index contributed by atoms with van der Waals surface area (Å²) in [4.78, 5) is 5.02.